The van der Waals surface area contributed by atoms with Crippen molar-refractivity contribution >= 4 is 35.0 Å². The van der Waals surface area contributed by atoms with E-state index in [4.69, 9.17) is 32.7 Å². The molecule has 0 spiro atoms. The molecule has 2 aromatic carbocycles. The minimum atomic E-state index is -0.740. The van der Waals surface area contributed by atoms with E-state index in [1.165, 1.54) is 12.0 Å². The number of hydrogen-bond acceptors (Lipinski definition) is 4. The number of nitrogens with one attached hydrogen (secondary N) is 1. The van der Waals surface area contributed by atoms with Gasteiger partial charge in [0, 0.05) is 28.7 Å². The van der Waals surface area contributed by atoms with E-state index in [9.17, 15) is 9.59 Å². The molecular formula is C21H24Cl2N2O4. The average Bonchev–Trinajstić information content (AvgIpc) is 2.71. The monoisotopic (exact) mass is 438 g/mol. The summed E-state index contributed by atoms with van der Waals surface area (Å²) in [5.74, 6) is 0.287. The zero-order valence-electron chi connectivity index (χ0n) is 16.6. The third-order valence-electron chi connectivity index (χ3n) is 4.33. The van der Waals surface area contributed by atoms with Gasteiger partial charge in [-0.3, -0.25) is 9.59 Å². The Morgan fingerprint density at radius 1 is 1.07 bits per heavy atom. The van der Waals surface area contributed by atoms with E-state index >= 15 is 0 Å². The molecule has 0 aliphatic carbocycles. The summed E-state index contributed by atoms with van der Waals surface area (Å²) >= 11 is 12.5. The normalized spacial score (nSPS) is 11.5. The summed E-state index contributed by atoms with van der Waals surface area (Å²) in [6, 6.07) is 11.4. The molecule has 2 aromatic rings. The molecule has 156 valence electrons. The van der Waals surface area contributed by atoms with Gasteiger partial charge < -0.3 is 19.7 Å². The van der Waals surface area contributed by atoms with Crippen molar-refractivity contribution in [3.63, 3.8) is 0 Å². The third kappa shape index (κ3) is 6.02. The van der Waals surface area contributed by atoms with Gasteiger partial charge in [0.1, 0.15) is 6.04 Å². The summed E-state index contributed by atoms with van der Waals surface area (Å²) < 4.78 is 10.9. The maximum atomic E-state index is 13.0. The Bertz CT molecular complexity index is 840. The average molecular weight is 439 g/mol. The zero-order valence-corrected chi connectivity index (χ0v) is 18.1. The van der Waals surface area contributed by atoms with Crippen LogP contribution in [0.25, 0.3) is 0 Å². The number of methoxy groups -OCH3 is 1. The summed E-state index contributed by atoms with van der Waals surface area (Å²) in [5, 5.41) is 3.57. The minimum Gasteiger partial charge on any atom is -0.493 e. The van der Waals surface area contributed by atoms with E-state index in [0.29, 0.717) is 33.7 Å². The molecule has 0 bridgehead atoms. The maximum Gasteiger partial charge on any atom is 0.261 e. The summed E-state index contributed by atoms with van der Waals surface area (Å²) in [5.41, 5.74) is 0.567. The lowest BCUT2D eigenvalue weighted by molar-refractivity contribution is -0.142. The van der Waals surface area contributed by atoms with Crippen molar-refractivity contribution in [2.24, 2.45) is 0 Å². The number of amides is 2. The van der Waals surface area contributed by atoms with Crippen LogP contribution in [0.2, 0.25) is 10.0 Å². The number of nitrogens with zero attached hydrogens (tertiary/aromatic N) is 1. The van der Waals surface area contributed by atoms with Crippen molar-refractivity contribution in [2.75, 3.05) is 20.3 Å². The van der Waals surface area contributed by atoms with E-state index in [2.05, 4.69) is 5.32 Å². The van der Waals surface area contributed by atoms with Gasteiger partial charge >= 0.3 is 0 Å². The van der Waals surface area contributed by atoms with Gasteiger partial charge in [0.2, 0.25) is 5.91 Å². The van der Waals surface area contributed by atoms with Crippen LogP contribution in [0.1, 0.15) is 19.4 Å². The molecule has 2 amide bonds. The SMILES string of the molecule is CCNC(=O)[C@@H](C)N(Cc1c(Cl)cccc1Cl)C(=O)COc1ccccc1OC. The Kier molecular flexibility index (Phi) is 8.61. The number of halogens is 2. The van der Waals surface area contributed by atoms with Crippen LogP contribution in [0.5, 0.6) is 11.5 Å². The van der Waals surface area contributed by atoms with E-state index in [-0.39, 0.29) is 25.0 Å². The molecule has 0 aliphatic heterocycles. The smallest absolute Gasteiger partial charge is 0.261 e. The number of benzene rings is 2. The van der Waals surface area contributed by atoms with Gasteiger partial charge in [-0.15, -0.1) is 0 Å². The predicted octanol–water partition coefficient (Wildman–Crippen LogP) is 3.93. The first kappa shape index (κ1) is 22.8. The fourth-order valence-electron chi connectivity index (χ4n) is 2.72. The molecule has 1 N–H and O–H groups in total. The van der Waals surface area contributed by atoms with Crippen LogP contribution in [-0.4, -0.2) is 43.0 Å². The summed E-state index contributed by atoms with van der Waals surface area (Å²) in [6.07, 6.45) is 0. The van der Waals surface area contributed by atoms with E-state index in [1.807, 2.05) is 6.92 Å². The Labute approximate surface area is 180 Å². The topological polar surface area (TPSA) is 67.9 Å². The first-order chi connectivity index (χ1) is 13.9. The second-order valence-electron chi connectivity index (χ2n) is 6.23. The molecule has 0 aliphatic rings. The van der Waals surface area contributed by atoms with Gasteiger partial charge in [-0.1, -0.05) is 41.4 Å². The molecule has 0 fully saturated rings. The number of likely N-dealkylation sites (N-methyl/N-ethyl adjacent to an activating group) is 1. The van der Waals surface area contributed by atoms with Crippen LogP contribution < -0.4 is 14.8 Å². The highest BCUT2D eigenvalue weighted by molar-refractivity contribution is 6.36. The van der Waals surface area contributed by atoms with Crippen molar-refractivity contribution < 1.29 is 19.1 Å². The molecule has 0 saturated carbocycles. The molecule has 0 aromatic heterocycles. The maximum absolute atomic E-state index is 13.0. The van der Waals surface area contributed by atoms with Crippen molar-refractivity contribution in [1.29, 1.82) is 0 Å². The predicted molar refractivity (Wildman–Crippen MR) is 114 cm³/mol. The summed E-state index contributed by atoms with van der Waals surface area (Å²) in [4.78, 5) is 26.8. The fourth-order valence-corrected chi connectivity index (χ4v) is 3.24. The molecule has 0 unspecified atom stereocenters. The highest BCUT2D eigenvalue weighted by Crippen LogP contribution is 2.28. The van der Waals surface area contributed by atoms with Crippen LogP contribution in [-0.2, 0) is 16.1 Å². The van der Waals surface area contributed by atoms with E-state index < -0.39 is 6.04 Å². The van der Waals surface area contributed by atoms with Crippen molar-refractivity contribution in [2.45, 2.75) is 26.4 Å². The largest absolute Gasteiger partial charge is 0.493 e. The van der Waals surface area contributed by atoms with Gasteiger partial charge in [0.05, 0.1) is 7.11 Å². The van der Waals surface area contributed by atoms with Gasteiger partial charge in [-0.25, -0.2) is 0 Å². The molecular weight excluding hydrogens is 415 g/mol. The molecule has 29 heavy (non-hydrogen) atoms. The van der Waals surface area contributed by atoms with Crippen molar-refractivity contribution in [3.05, 3.63) is 58.1 Å². The van der Waals surface area contributed by atoms with Gasteiger partial charge in [-0.05, 0) is 38.1 Å². The van der Waals surface area contributed by atoms with Crippen LogP contribution in [0.3, 0.4) is 0 Å². The number of rotatable bonds is 9. The van der Waals surface area contributed by atoms with Crippen LogP contribution in [0, 0.1) is 0 Å². The molecule has 0 saturated heterocycles. The number of para-hydroxylation sites is 2. The fraction of sp³-hybridized carbons (Fsp3) is 0.333. The van der Waals surface area contributed by atoms with Gasteiger partial charge in [-0.2, -0.15) is 0 Å². The second kappa shape index (κ2) is 10.9. The third-order valence-corrected chi connectivity index (χ3v) is 5.04. The quantitative estimate of drug-likeness (QED) is 0.643. The molecule has 1 atom stereocenters. The molecule has 6 nitrogen and oxygen atoms in total. The van der Waals surface area contributed by atoms with E-state index in [0.717, 1.165) is 0 Å². The number of carbonyl (C=O) groups is 2. The lowest BCUT2D eigenvalue weighted by Gasteiger charge is -2.29. The van der Waals surface area contributed by atoms with Crippen LogP contribution in [0.15, 0.2) is 42.5 Å². The van der Waals surface area contributed by atoms with Crippen LogP contribution in [0.4, 0.5) is 0 Å². The summed E-state index contributed by atoms with van der Waals surface area (Å²) in [7, 11) is 1.52. The Hall–Kier alpha value is -2.44. The van der Waals surface area contributed by atoms with Gasteiger partial charge in [0.15, 0.2) is 18.1 Å². The van der Waals surface area contributed by atoms with E-state index in [1.54, 1.807) is 49.4 Å². The molecule has 0 heterocycles. The number of hydrogen-bond donors (Lipinski definition) is 1. The Morgan fingerprint density at radius 3 is 2.28 bits per heavy atom. The van der Waals surface area contributed by atoms with Crippen molar-refractivity contribution in [3.8, 4) is 11.5 Å². The Morgan fingerprint density at radius 2 is 1.69 bits per heavy atom. The first-order valence-electron chi connectivity index (χ1n) is 9.14. The highest BCUT2D eigenvalue weighted by atomic mass is 35.5. The molecule has 0 radical (unpaired) electrons. The van der Waals surface area contributed by atoms with Gasteiger partial charge in [0.25, 0.3) is 5.91 Å². The lowest BCUT2D eigenvalue weighted by atomic mass is 10.1. The number of carbonyl (C=O) groups excluding carboxylic acids is 2. The lowest BCUT2D eigenvalue weighted by Crippen LogP contribution is -2.49. The Balaban J connectivity index is 2.23. The first-order valence-corrected chi connectivity index (χ1v) is 9.90. The molecule has 8 heteroatoms. The number of ether oxygens (including phenoxy) is 2. The molecule has 2 rings (SSSR count). The van der Waals surface area contributed by atoms with Crippen LogP contribution >= 0.6 is 23.2 Å². The van der Waals surface area contributed by atoms with Crippen molar-refractivity contribution in [1.82, 2.24) is 10.2 Å². The second-order valence-corrected chi connectivity index (χ2v) is 7.05. The minimum absolute atomic E-state index is 0.0743. The standard InChI is InChI=1S/C21H24Cl2N2O4/c1-4-24-21(27)14(2)25(12-15-16(22)8-7-9-17(15)23)20(26)13-29-19-11-6-5-10-18(19)28-3/h5-11,14H,4,12-13H2,1-3H3,(H,24,27)/t14-/m1/s1. The highest BCUT2D eigenvalue weighted by Gasteiger charge is 2.27. The summed E-state index contributed by atoms with van der Waals surface area (Å²) in [6.45, 7) is 3.72. The zero-order chi connectivity index (χ0) is 21.4.